The van der Waals surface area contributed by atoms with Gasteiger partial charge in [0.1, 0.15) is 6.29 Å². The molecule has 2 nitrogen and oxygen atoms in total. The summed E-state index contributed by atoms with van der Waals surface area (Å²) < 4.78 is 5.82. The van der Waals surface area contributed by atoms with Crippen molar-refractivity contribution in [3.05, 3.63) is 11.6 Å². The van der Waals surface area contributed by atoms with Crippen LogP contribution in [-0.4, -0.2) is 18.0 Å². The highest BCUT2D eigenvalue weighted by Gasteiger charge is 2.59. The van der Waals surface area contributed by atoms with Crippen molar-refractivity contribution in [2.45, 2.75) is 58.2 Å². The highest BCUT2D eigenvalue weighted by atomic mass is 16.6. The fraction of sp³-hybridized carbons (Fsp3) is 0.800. The molecule has 0 bridgehead atoms. The minimum Gasteiger partial charge on any atom is -0.366 e. The van der Waals surface area contributed by atoms with Crippen molar-refractivity contribution in [2.75, 3.05) is 0 Å². The summed E-state index contributed by atoms with van der Waals surface area (Å²) in [7, 11) is 0. The van der Waals surface area contributed by atoms with Gasteiger partial charge in [-0.25, -0.2) is 0 Å². The molecule has 2 aliphatic carbocycles. The van der Waals surface area contributed by atoms with Crippen LogP contribution in [0.5, 0.6) is 0 Å². The summed E-state index contributed by atoms with van der Waals surface area (Å²) in [6, 6.07) is 0. The first-order valence-electron chi connectivity index (χ1n) is 6.81. The maximum absolute atomic E-state index is 11.1. The van der Waals surface area contributed by atoms with Crippen LogP contribution in [0.25, 0.3) is 0 Å². The van der Waals surface area contributed by atoms with E-state index in [9.17, 15) is 4.79 Å². The van der Waals surface area contributed by atoms with E-state index in [-0.39, 0.29) is 5.60 Å². The van der Waals surface area contributed by atoms with Crippen LogP contribution >= 0.6 is 0 Å². The van der Waals surface area contributed by atoms with Gasteiger partial charge in [-0.2, -0.15) is 0 Å². The van der Waals surface area contributed by atoms with Crippen LogP contribution in [0.3, 0.4) is 0 Å². The number of carbonyl (C=O) groups is 1. The molecule has 2 heteroatoms. The van der Waals surface area contributed by atoms with Gasteiger partial charge in [-0.1, -0.05) is 19.9 Å². The Labute approximate surface area is 103 Å². The molecular formula is C15H22O2. The molecule has 1 saturated carbocycles. The minimum absolute atomic E-state index is 0.120. The van der Waals surface area contributed by atoms with Crippen molar-refractivity contribution in [3.63, 3.8) is 0 Å². The van der Waals surface area contributed by atoms with E-state index in [1.165, 1.54) is 12.8 Å². The zero-order chi connectivity index (χ0) is 12.3. The summed E-state index contributed by atoms with van der Waals surface area (Å²) in [4.78, 5) is 11.1. The average molecular weight is 234 g/mol. The highest BCUT2D eigenvalue weighted by Crippen LogP contribution is 2.63. The Hall–Kier alpha value is -0.630. The summed E-state index contributed by atoms with van der Waals surface area (Å²) in [5.41, 5.74) is 1.50. The Morgan fingerprint density at radius 1 is 1.35 bits per heavy atom. The van der Waals surface area contributed by atoms with Gasteiger partial charge in [0.25, 0.3) is 0 Å². The zero-order valence-corrected chi connectivity index (χ0v) is 11.0. The first-order chi connectivity index (χ1) is 7.97. The van der Waals surface area contributed by atoms with E-state index in [0.29, 0.717) is 17.4 Å². The average Bonchev–Trinajstić information content (AvgIpc) is 3.07. The normalized spacial score (nSPS) is 50.3. The number of hydrogen-bond acceptors (Lipinski definition) is 2. The second-order valence-corrected chi connectivity index (χ2v) is 6.81. The summed E-state index contributed by atoms with van der Waals surface area (Å²) in [5.74, 6) is 1.36. The molecule has 3 aliphatic rings. The Morgan fingerprint density at radius 2 is 2.12 bits per heavy atom. The molecule has 0 amide bonds. The second kappa shape index (κ2) is 3.44. The number of fused-ring (bicyclic) bond motifs is 2. The topological polar surface area (TPSA) is 29.6 Å². The number of rotatable bonds is 1. The molecule has 0 aromatic rings. The van der Waals surface area contributed by atoms with Crippen LogP contribution in [0.15, 0.2) is 11.6 Å². The second-order valence-electron chi connectivity index (χ2n) is 6.81. The summed E-state index contributed by atoms with van der Waals surface area (Å²) in [6.45, 7) is 6.88. The first-order valence-corrected chi connectivity index (χ1v) is 6.81. The molecule has 3 rings (SSSR count). The van der Waals surface area contributed by atoms with Crippen molar-refractivity contribution in [1.82, 2.24) is 0 Å². The molecule has 94 valence electrons. The third kappa shape index (κ3) is 1.77. The maximum atomic E-state index is 11.1. The van der Waals surface area contributed by atoms with Gasteiger partial charge in [-0.15, -0.1) is 0 Å². The highest BCUT2D eigenvalue weighted by molar-refractivity contribution is 5.73. The van der Waals surface area contributed by atoms with Gasteiger partial charge in [0.2, 0.25) is 0 Å². The molecule has 0 aromatic carbocycles. The Balaban J connectivity index is 1.81. The SMILES string of the molecule is CC1(C)[C@H]2/C=C(/C=O)CC[C@@H]3O[C@@]3(C)CC[C@@H]21. The van der Waals surface area contributed by atoms with Crippen LogP contribution in [-0.2, 0) is 9.53 Å². The van der Waals surface area contributed by atoms with Gasteiger partial charge >= 0.3 is 0 Å². The standard InChI is InChI=1S/C15H22O2/c1-14(2)11-6-7-15(3)13(17-15)5-4-10(9-16)8-12(11)14/h8-9,11-13H,4-7H2,1-3H3/b10-8+/t11-,12-,13-,15-/m0/s1. The van der Waals surface area contributed by atoms with Crippen LogP contribution in [0.2, 0.25) is 0 Å². The number of allylic oxidation sites excluding steroid dienone is 2. The minimum atomic E-state index is 0.120. The number of aldehydes is 1. The van der Waals surface area contributed by atoms with Crippen molar-refractivity contribution >= 4 is 6.29 Å². The molecule has 0 unspecified atom stereocenters. The number of carbonyl (C=O) groups excluding carboxylic acids is 1. The Morgan fingerprint density at radius 3 is 2.82 bits per heavy atom. The predicted molar refractivity (Wildman–Crippen MR) is 66.7 cm³/mol. The Kier molecular flexibility index (Phi) is 2.32. The molecular weight excluding hydrogens is 212 g/mol. The fourth-order valence-electron chi connectivity index (χ4n) is 3.70. The summed E-state index contributed by atoms with van der Waals surface area (Å²) in [6.07, 6.45) is 8.02. The maximum Gasteiger partial charge on any atom is 0.145 e. The van der Waals surface area contributed by atoms with Crippen molar-refractivity contribution in [1.29, 1.82) is 0 Å². The quantitative estimate of drug-likeness (QED) is 0.515. The summed E-state index contributed by atoms with van der Waals surface area (Å²) >= 11 is 0. The predicted octanol–water partition coefficient (Wildman–Crippen LogP) is 3.12. The molecule has 2 fully saturated rings. The van der Waals surface area contributed by atoms with Gasteiger partial charge in [0.05, 0.1) is 11.7 Å². The van der Waals surface area contributed by atoms with Crippen molar-refractivity contribution < 1.29 is 9.53 Å². The molecule has 1 aliphatic heterocycles. The van der Waals surface area contributed by atoms with Crippen LogP contribution in [0, 0.1) is 17.3 Å². The molecule has 0 N–H and O–H groups in total. The molecule has 0 spiro atoms. The lowest BCUT2D eigenvalue weighted by Crippen LogP contribution is -2.11. The van der Waals surface area contributed by atoms with Gasteiger partial charge in [-0.3, -0.25) is 4.79 Å². The van der Waals surface area contributed by atoms with Gasteiger partial charge in [-0.05, 0) is 55.4 Å². The monoisotopic (exact) mass is 234 g/mol. The lowest BCUT2D eigenvalue weighted by molar-refractivity contribution is -0.105. The van der Waals surface area contributed by atoms with Crippen molar-refractivity contribution in [3.8, 4) is 0 Å². The van der Waals surface area contributed by atoms with Gasteiger partial charge < -0.3 is 4.74 Å². The molecule has 0 radical (unpaired) electrons. The molecule has 4 atom stereocenters. The van der Waals surface area contributed by atoms with E-state index in [2.05, 4.69) is 26.8 Å². The van der Waals surface area contributed by atoms with Gasteiger partial charge in [0, 0.05) is 0 Å². The largest absolute Gasteiger partial charge is 0.366 e. The molecule has 0 aromatic heterocycles. The van der Waals surface area contributed by atoms with Gasteiger partial charge in [0.15, 0.2) is 0 Å². The van der Waals surface area contributed by atoms with Crippen LogP contribution < -0.4 is 0 Å². The van der Waals surface area contributed by atoms with E-state index in [1.54, 1.807) is 0 Å². The van der Waals surface area contributed by atoms with E-state index in [4.69, 9.17) is 4.74 Å². The molecule has 1 saturated heterocycles. The zero-order valence-electron chi connectivity index (χ0n) is 11.0. The lowest BCUT2D eigenvalue weighted by Gasteiger charge is -2.08. The molecule has 1 heterocycles. The lowest BCUT2D eigenvalue weighted by atomic mass is 9.93. The van der Waals surface area contributed by atoms with E-state index < -0.39 is 0 Å². The van der Waals surface area contributed by atoms with Crippen molar-refractivity contribution in [2.24, 2.45) is 17.3 Å². The fourth-order valence-corrected chi connectivity index (χ4v) is 3.70. The third-order valence-electron chi connectivity index (χ3n) is 5.37. The van der Waals surface area contributed by atoms with Crippen LogP contribution in [0.1, 0.15) is 46.5 Å². The van der Waals surface area contributed by atoms with E-state index in [1.807, 2.05) is 0 Å². The first kappa shape index (κ1) is 11.5. The van der Waals surface area contributed by atoms with E-state index >= 15 is 0 Å². The number of epoxide rings is 1. The summed E-state index contributed by atoms with van der Waals surface area (Å²) in [5, 5.41) is 0. The number of ether oxygens (including phenoxy) is 1. The third-order valence-corrected chi connectivity index (χ3v) is 5.37. The van der Waals surface area contributed by atoms with E-state index in [0.717, 1.165) is 30.6 Å². The van der Waals surface area contributed by atoms with Crippen LogP contribution in [0.4, 0.5) is 0 Å². The number of hydrogen-bond donors (Lipinski definition) is 0. The molecule has 17 heavy (non-hydrogen) atoms. The Bertz CT molecular complexity index is 382. The smallest absolute Gasteiger partial charge is 0.145 e.